The lowest BCUT2D eigenvalue weighted by Crippen LogP contribution is -2.26. The normalized spacial score (nSPS) is 16.8. The number of benzene rings is 2. The monoisotopic (exact) mass is 420 g/mol. The standard InChI is InChI=1S/C20H24N2O4S2/c21-28(24,25)17-9-7-15(8-10-17)11-12-22-20(23)18-5-1-2-6-19(18)27-14-16-4-3-13-26-16/h1-2,5-10,16H,3-4,11-14H2,(H,22,23)(H2,21,24,25)/t16-/m1/s1. The predicted octanol–water partition coefficient (Wildman–Crippen LogP) is 2.58. The highest BCUT2D eigenvalue weighted by atomic mass is 32.2. The maximum atomic E-state index is 12.6. The molecule has 0 saturated carbocycles. The SMILES string of the molecule is NS(=O)(=O)c1ccc(CCNC(=O)c2ccccc2SC[C@H]2CCCO2)cc1. The van der Waals surface area contributed by atoms with Crippen molar-refractivity contribution in [2.24, 2.45) is 5.14 Å². The van der Waals surface area contributed by atoms with Crippen LogP contribution in [0.3, 0.4) is 0 Å². The number of nitrogens with one attached hydrogen (secondary N) is 1. The molecule has 1 aliphatic rings. The van der Waals surface area contributed by atoms with Gasteiger partial charge in [0.2, 0.25) is 10.0 Å². The van der Waals surface area contributed by atoms with Crippen molar-refractivity contribution in [1.29, 1.82) is 0 Å². The highest BCUT2D eigenvalue weighted by Gasteiger charge is 2.17. The van der Waals surface area contributed by atoms with Crippen LogP contribution in [-0.4, -0.2) is 39.3 Å². The largest absolute Gasteiger partial charge is 0.377 e. The van der Waals surface area contributed by atoms with Gasteiger partial charge in [-0.25, -0.2) is 13.6 Å². The molecule has 8 heteroatoms. The number of hydrogen-bond donors (Lipinski definition) is 2. The van der Waals surface area contributed by atoms with Crippen LogP contribution in [0.2, 0.25) is 0 Å². The Hall–Kier alpha value is -1.87. The quantitative estimate of drug-likeness (QED) is 0.640. The minimum Gasteiger partial charge on any atom is -0.377 e. The molecular formula is C20H24N2O4S2. The Morgan fingerprint density at radius 2 is 1.93 bits per heavy atom. The molecule has 3 rings (SSSR count). The Balaban J connectivity index is 1.53. The molecule has 1 atom stereocenters. The fraction of sp³-hybridized carbons (Fsp3) is 0.350. The van der Waals surface area contributed by atoms with Gasteiger partial charge in [0.05, 0.1) is 16.6 Å². The van der Waals surface area contributed by atoms with Gasteiger partial charge in [0.25, 0.3) is 5.91 Å². The number of nitrogens with two attached hydrogens (primary N) is 1. The number of amides is 1. The summed E-state index contributed by atoms with van der Waals surface area (Å²) in [6, 6.07) is 13.9. The number of primary sulfonamides is 1. The molecule has 6 nitrogen and oxygen atoms in total. The van der Waals surface area contributed by atoms with Gasteiger partial charge >= 0.3 is 0 Å². The summed E-state index contributed by atoms with van der Waals surface area (Å²) in [4.78, 5) is 13.6. The first kappa shape index (κ1) is 20.9. The van der Waals surface area contributed by atoms with E-state index in [1.54, 1.807) is 23.9 Å². The second kappa shape index (κ2) is 9.56. The third-order valence-corrected chi connectivity index (χ3v) is 6.67. The first-order chi connectivity index (χ1) is 13.4. The van der Waals surface area contributed by atoms with Crippen LogP contribution in [0.15, 0.2) is 58.3 Å². The van der Waals surface area contributed by atoms with Crippen molar-refractivity contribution in [3.63, 3.8) is 0 Å². The van der Waals surface area contributed by atoms with Gasteiger partial charge in [-0.1, -0.05) is 24.3 Å². The zero-order valence-electron chi connectivity index (χ0n) is 15.5. The van der Waals surface area contributed by atoms with Crippen molar-refractivity contribution in [2.75, 3.05) is 18.9 Å². The van der Waals surface area contributed by atoms with E-state index in [9.17, 15) is 13.2 Å². The van der Waals surface area contributed by atoms with Crippen LogP contribution >= 0.6 is 11.8 Å². The van der Waals surface area contributed by atoms with Crippen molar-refractivity contribution in [3.8, 4) is 0 Å². The molecule has 0 aliphatic carbocycles. The number of rotatable bonds is 8. The molecule has 1 saturated heterocycles. The Kier molecular flexibility index (Phi) is 7.12. The molecule has 1 amide bonds. The van der Waals surface area contributed by atoms with Gasteiger partial charge < -0.3 is 10.1 Å². The van der Waals surface area contributed by atoms with E-state index in [1.807, 2.05) is 24.3 Å². The number of hydrogen-bond acceptors (Lipinski definition) is 5. The number of sulfonamides is 1. The summed E-state index contributed by atoms with van der Waals surface area (Å²) >= 11 is 1.65. The summed E-state index contributed by atoms with van der Waals surface area (Å²) in [5.74, 6) is 0.734. The maximum Gasteiger partial charge on any atom is 0.252 e. The van der Waals surface area contributed by atoms with E-state index in [0.717, 1.165) is 35.7 Å². The molecule has 0 bridgehead atoms. The Labute approximate surface area is 169 Å². The summed E-state index contributed by atoms with van der Waals surface area (Å²) in [7, 11) is -3.69. The van der Waals surface area contributed by atoms with Gasteiger partial charge in [-0.3, -0.25) is 4.79 Å². The fourth-order valence-corrected chi connectivity index (χ4v) is 4.63. The zero-order valence-corrected chi connectivity index (χ0v) is 17.1. The number of carbonyl (C=O) groups is 1. The molecule has 2 aromatic rings. The van der Waals surface area contributed by atoms with Crippen molar-refractivity contribution in [3.05, 3.63) is 59.7 Å². The molecule has 28 heavy (non-hydrogen) atoms. The second-order valence-corrected chi connectivity index (χ2v) is 9.26. The van der Waals surface area contributed by atoms with Crippen molar-refractivity contribution >= 4 is 27.7 Å². The van der Waals surface area contributed by atoms with Crippen LogP contribution in [0.5, 0.6) is 0 Å². The average molecular weight is 421 g/mol. The molecule has 2 aromatic carbocycles. The molecule has 0 radical (unpaired) electrons. The van der Waals surface area contributed by atoms with Crippen molar-refractivity contribution < 1.29 is 17.9 Å². The lowest BCUT2D eigenvalue weighted by molar-refractivity contribution is 0.0951. The molecule has 0 unspecified atom stereocenters. The van der Waals surface area contributed by atoms with Gasteiger partial charge in [0.1, 0.15) is 0 Å². The second-order valence-electron chi connectivity index (χ2n) is 6.64. The lowest BCUT2D eigenvalue weighted by Gasteiger charge is -2.12. The Bertz CT molecular complexity index is 908. The van der Waals surface area contributed by atoms with E-state index in [0.29, 0.717) is 18.5 Å². The highest BCUT2D eigenvalue weighted by Crippen LogP contribution is 2.26. The number of carbonyl (C=O) groups excluding carboxylic acids is 1. The topological polar surface area (TPSA) is 98.5 Å². The molecule has 1 aliphatic heterocycles. The van der Waals surface area contributed by atoms with E-state index in [2.05, 4.69) is 5.32 Å². The smallest absolute Gasteiger partial charge is 0.252 e. The van der Waals surface area contributed by atoms with Crippen LogP contribution in [0, 0.1) is 0 Å². The van der Waals surface area contributed by atoms with Gasteiger partial charge in [0, 0.05) is 23.8 Å². The fourth-order valence-electron chi connectivity index (χ4n) is 3.00. The number of ether oxygens (including phenoxy) is 1. The van der Waals surface area contributed by atoms with Crippen LogP contribution in [0.1, 0.15) is 28.8 Å². The summed E-state index contributed by atoms with van der Waals surface area (Å²) in [6.07, 6.45) is 3.04. The van der Waals surface area contributed by atoms with Crippen LogP contribution in [-0.2, 0) is 21.2 Å². The first-order valence-electron chi connectivity index (χ1n) is 9.17. The predicted molar refractivity (Wildman–Crippen MR) is 110 cm³/mol. The molecule has 3 N–H and O–H groups in total. The molecule has 0 spiro atoms. The minimum atomic E-state index is -3.69. The van der Waals surface area contributed by atoms with Gasteiger partial charge in [-0.2, -0.15) is 0 Å². The number of thioether (sulfide) groups is 1. The molecule has 1 fully saturated rings. The third-order valence-electron chi connectivity index (χ3n) is 4.53. The third kappa shape index (κ3) is 5.81. The van der Waals surface area contributed by atoms with Gasteiger partial charge in [0.15, 0.2) is 0 Å². The van der Waals surface area contributed by atoms with E-state index >= 15 is 0 Å². The molecule has 150 valence electrons. The van der Waals surface area contributed by atoms with Crippen LogP contribution in [0.4, 0.5) is 0 Å². The summed E-state index contributed by atoms with van der Waals surface area (Å²) in [6.45, 7) is 1.28. The van der Waals surface area contributed by atoms with E-state index < -0.39 is 10.0 Å². The highest BCUT2D eigenvalue weighted by molar-refractivity contribution is 7.99. The van der Waals surface area contributed by atoms with E-state index in [-0.39, 0.29) is 16.9 Å². The zero-order chi connectivity index (χ0) is 20.0. The summed E-state index contributed by atoms with van der Waals surface area (Å²) in [5, 5.41) is 8.03. The van der Waals surface area contributed by atoms with E-state index in [1.165, 1.54) is 12.1 Å². The maximum absolute atomic E-state index is 12.6. The first-order valence-corrected chi connectivity index (χ1v) is 11.7. The summed E-state index contributed by atoms with van der Waals surface area (Å²) in [5.41, 5.74) is 1.59. The molecule has 0 aromatic heterocycles. The van der Waals surface area contributed by atoms with Gasteiger partial charge in [-0.15, -0.1) is 11.8 Å². The van der Waals surface area contributed by atoms with Crippen molar-refractivity contribution in [1.82, 2.24) is 5.32 Å². The summed E-state index contributed by atoms with van der Waals surface area (Å²) < 4.78 is 28.2. The average Bonchev–Trinajstić information content (AvgIpc) is 3.20. The van der Waals surface area contributed by atoms with Crippen molar-refractivity contribution in [2.45, 2.75) is 35.2 Å². The van der Waals surface area contributed by atoms with Crippen LogP contribution < -0.4 is 10.5 Å². The van der Waals surface area contributed by atoms with E-state index in [4.69, 9.17) is 9.88 Å². The molecular weight excluding hydrogens is 396 g/mol. The van der Waals surface area contributed by atoms with Crippen LogP contribution in [0.25, 0.3) is 0 Å². The Morgan fingerprint density at radius 1 is 1.18 bits per heavy atom. The minimum absolute atomic E-state index is 0.0810. The Morgan fingerprint density at radius 3 is 2.61 bits per heavy atom. The van der Waals surface area contributed by atoms with Gasteiger partial charge in [-0.05, 0) is 49.1 Å². The molecule has 1 heterocycles. The lowest BCUT2D eigenvalue weighted by atomic mass is 10.1.